The molecule has 0 bridgehead atoms. The summed E-state index contributed by atoms with van der Waals surface area (Å²) < 4.78 is 1.99. The van der Waals surface area contributed by atoms with E-state index in [1.54, 1.807) is 0 Å². The Hall–Kier alpha value is 1.16. The van der Waals surface area contributed by atoms with Gasteiger partial charge in [-0.05, 0) is 0 Å². The second-order valence-corrected chi connectivity index (χ2v) is 6.60. The summed E-state index contributed by atoms with van der Waals surface area (Å²) in [4.78, 5) is 0. The first kappa shape index (κ1) is 7.16. The molecule has 0 saturated carbocycles. The molecule has 0 atom stereocenters. The standard InChI is InChI=1S/C3H6.2ClH.Ti/c1-3-2;;;/h1H,3H2,2H3;2*1H;/q;;;+2/p-2. The summed E-state index contributed by atoms with van der Waals surface area (Å²) in [6, 6.07) is 0. The Morgan fingerprint density at radius 2 is 2.17 bits per heavy atom. The molecule has 3 heteroatoms. The van der Waals surface area contributed by atoms with Crippen LogP contribution in [-0.2, 0) is 15.3 Å². The van der Waals surface area contributed by atoms with Crippen molar-refractivity contribution < 1.29 is 15.3 Å². The molecule has 0 aliphatic carbocycles. The Morgan fingerprint density at radius 1 is 1.67 bits per heavy atom. The maximum atomic E-state index is 5.45. The molecule has 6 heavy (non-hydrogen) atoms. The van der Waals surface area contributed by atoms with Gasteiger partial charge in [0.05, 0.1) is 0 Å². The number of hydrogen-bond acceptors (Lipinski definition) is 0. The number of hydrogen-bond donors (Lipinski definition) is 0. The average Bonchev–Trinajstić information content (AvgIpc) is 1.35. The van der Waals surface area contributed by atoms with E-state index in [2.05, 4.69) is 0 Å². The fourth-order valence-electron chi connectivity index (χ4n) is 0.154. The number of rotatable bonds is 1. The van der Waals surface area contributed by atoms with Crippen LogP contribution in [0, 0.1) is 0 Å². The Labute approximate surface area is 51.5 Å². The van der Waals surface area contributed by atoms with Crippen molar-refractivity contribution in [1.29, 1.82) is 0 Å². The molecule has 0 aromatic carbocycles. The van der Waals surface area contributed by atoms with Gasteiger partial charge in [0.15, 0.2) is 0 Å². The third-order valence-electron chi connectivity index (χ3n) is 0.358. The Bertz CT molecular complexity index is 55.8. The monoisotopic (exact) mass is 160 g/mol. The van der Waals surface area contributed by atoms with E-state index in [1.807, 2.05) is 11.2 Å². The summed E-state index contributed by atoms with van der Waals surface area (Å²) >= 11 is -1.56. The number of halogens is 2. The van der Waals surface area contributed by atoms with E-state index < -0.39 is 15.3 Å². The van der Waals surface area contributed by atoms with E-state index in [0.717, 1.165) is 6.42 Å². The molecular formula is C3H6Cl2Ti. The van der Waals surface area contributed by atoms with Crippen LogP contribution >= 0.6 is 18.6 Å². The van der Waals surface area contributed by atoms with Gasteiger partial charge in [-0.3, -0.25) is 0 Å². The van der Waals surface area contributed by atoms with Crippen LogP contribution in [0.2, 0.25) is 0 Å². The molecule has 0 spiro atoms. The second-order valence-electron chi connectivity index (χ2n) is 0.902. The van der Waals surface area contributed by atoms with E-state index in [9.17, 15) is 0 Å². The molecule has 0 fully saturated rings. The molecule has 0 aromatic rings. The summed E-state index contributed by atoms with van der Waals surface area (Å²) in [5.74, 6) is 0. The van der Waals surface area contributed by atoms with Crippen LogP contribution in [0.3, 0.4) is 0 Å². The van der Waals surface area contributed by atoms with Crippen molar-refractivity contribution in [1.82, 2.24) is 0 Å². The molecule has 0 rings (SSSR count). The first-order valence-corrected chi connectivity index (χ1v) is 6.98. The summed E-state index contributed by atoms with van der Waals surface area (Å²) in [6.45, 7) is 2.04. The summed E-state index contributed by atoms with van der Waals surface area (Å²) in [7, 11) is 10.9. The quantitative estimate of drug-likeness (QED) is 0.516. The van der Waals surface area contributed by atoms with E-state index in [1.165, 1.54) is 0 Å². The predicted octanol–water partition coefficient (Wildman–Crippen LogP) is 2.12. The first-order chi connectivity index (χ1) is 2.77. The van der Waals surface area contributed by atoms with Gasteiger partial charge in [0.25, 0.3) is 0 Å². The Kier molecular flexibility index (Phi) is 5.17. The maximum absolute atomic E-state index is 5.45. The molecule has 0 radical (unpaired) electrons. The van der Waals surface area contributed by atoms with Crippen molar-refractivity contribution in [2.24, 2.45) is 0 Å². The minimum absolute atomic E-state index is 1.02. The molecule has 0 nitrogen and oxygen atoms in total. The van der Waals surface area contributed by atoms with Crippen LogP contribution < -0.4 is 0 Å². The van der Waals surface area contributed by atoms with Crippen molar-refractivity contribution in [2.75, 3.05) is 0 Å². The van der Waals surface area contributed by atoms with Gasteiger partial charge in [-0.1, -0.05) is 0 Å². The molecule has 0 heterocycles. The van der Waals surface area contributed by atoms with E-state index in [0.29, 0.717) is 0 Å². The van der Waals surface area contributed by atoms with Gasteiger partial charge in [-0.2, -0.15) is 0 Å². The fourth-order valence-corrected chi connectivity index (χ4v) is 1.91. The fraction of sp³-hybridized carbons (Fsp3) is 0.667. The van der Waals surface area contributed by atoms with Crippen molar-refractivity contribution in [3.05, 3.63) is 0 Å². The second kappa shape index (κ2) is 4.33. The summed E-state index contributed by atoms with van der Waals surface area (Å²) in [5, 5.41) is 0. The predicted molar refractivity (Wildman–Crippen MR) is 28.1 cm³/mol. The van der Waals surface area contributed by atoms with Crippen LogP contribution in [0.1, 0.15) is 13.3 Å². The van der Waals surface area contributed by atoms with Crippen molar-refractivity contribution in [3.63, 3.8) is 0 Å². The molecule has 0 amide bonds. The zero-order valence-corrected chi connectivity index (χ0v) is 6.61. The van der Waals surface area contributed by atoms with E-state index in [4.69, 9.17) is 18.6 Å². The third-order valence-corrected chi connectivity index (χ3v) is 2.75. The van der Waals surface area contributed by atoms with Crippen LogP contribution in [0.4, 0.5) is 0 Å². The van der Waals surface area contributed by atoms with Gasteiger partial charge in [-0.25, -0.2) is 0 Å². The van der Waals surface area contributed by atoms with Crippen LogP contribution in [0.15, 0.2) is 0 Å². The zero-order chi connectivity index (χ0) is 4.99. The van der Waals surface area contributed by atoms with Crippen molar-refractivity contribution >= 4 is 22.9 Å². The molecule has 0 aromatic heterocycles. The first-order valence-electron chi connectivity index (χ1n) is 1.78. The zero-order valence-electron chi connectivity index (χ0n) is 3.54. The van der Waals surface area contributed by atoms with Crippen LogP contribution in [0.25, 0.3) is 0 Å². The Morgan fingerprint density at radius 3 is 2.17 bits per heavy atom. The minimum atomic E-state index is -1.56. The van der Waals surface area contributed by atoms with Crippen LogP contribution in [0.5, 0.6) is 0 Å². The molecular weight excluding hydrogens is 155 g/mol. The molecule has 0 aliphatic heterocycles. The molecule has 0 unspecified atom stereocenters. The summed E-state index contributed by atoms with van der Waals surface area (Å²) in [6.07, 6.45) is 1.02. The van der Waals surface area contributed by atoms with Gasteiger partial charge in [0.2, 0.25) is 0 Å². The molecule has 0 aliphatic rings. The van der Waals surface area contributed by atoms with Crippen molar-refractivity contribution in [3.8, 4) is 0 Å². The van der Waals surface area contributed by atoms with E-state index in [-0.39, 0.29) is 0 Å². The summed E-state index contributed by atoms with van der Waals surface area (Å²) in [5.41, 5.74) is 0. The topological polar surface area (TPSA) is 0 Å². The van der Waals surface area contributed by atoms with Gasteiger partial charge in [0, 0.05) is 0 Å². The van der Waals surface area contributed by atoms with Gasteiger partial charge >= 0.3 is 51.6 Å². The normalized spacial score (nSPS) is 7.83. The van der Waals surface area contributed by atoms with E-state index >= 15 is 0 Å². The molecule has 0 saturated heterocycles. The molecule has 36 valence electrons. The third kappa shape index (κ3) is 5.16. The SMILES string of the molecule is CC[CH]=[Ti]([Cl])[Cl]. The van der Waals surface area contributed by atoms with Gasteiger partial charge in [0.1, 0.15) is 0 Å². The van der Waals surface area contributed by atoms with Crippen molar-refractivity contribution in [2.45, 2.75) is 13.3 Å². The van der Waals surface area contributed by atoms with Crippen LogP contribution in [-0.4, -0.2) is 4.31 Å². The average molecular weight is 161 g/mol. The van der Waals surface area contributed by atoms with Gasteiger partial charge < -0.3 is 0 Å². The molecule has 0 N–H and O–H groups in total. The van der Waals surface area contributed by atoms with Gasteiger partial charge in [-0.15, -0.1) is 0 Å². The Balaban J connectivity index is 3.14.